The standard InChI is InChI=1S/C30H29ClN2O3S2/c1-21-9-16-26(17-10-21)38(35,36)33(28-18-22(2)8-11-23(28)3)19-30(34)32-27-6-4-5-7-29(27)37-20-24-12-14-25(31)15-13-24/h4-18H,19-20H2,1-3H3,(H,32,34). The van der Waals surface area contributed by atoms with Gasteiger partial charge in [0.1, 0.15) is 6.54 Å². The first-order valence-electron chi connectivity index (χ1n) is 12.1. The highest BCUT2D eigenvalue weighted by Gasteiger charge is 2.28. The quantitative estimate of drug-likeness (QED) is 0.215. The maximum Gasteiger partial charge on any atom is 0.264 e. The van der Waals surface area contributed by atoms with Crippen molar-refractivity contribution in [1.82, 2.24) is 0 Å². The van der Waals surface area contributed by atoms with E-state index in [1.807, 2.05) is 81.4 Å². The summed E-state index contributed by atoms with van der Waals surface area (Å²) in [6, 6.07) is 27.4. The number of carbonyl (C=O) groups excluding carboxylic acids is 1. The highest BCUT2D eigenvalue weighted by atomic mass is 35.5. The molecule has 38 heavy (non-hydrogen) atoms. The molecule has 0 radical (unpaired) electrons. The first-order chi connectivity index (χ1) is 18.1. The second kappa shape index (κ2) is 12.1. The van der Waals surface area contributed by atoms with Crippen LogP contribution >= 0.6 is 23.4 Å². The van der Waals surface area contributed by atoms with Gasteiger partial charge >= 0.3 is 0 Å². The Morgan fingerprint density at radius 1 is 0.868 bits per heavy atom. The molecular formula is C30H29ClN2O3S2. The number of benzene rings is 4. The summed E-state index contributed by atoms with van der Waals surface area (Å²) in [6.07, 6.45) is 0. The normalized spacial score (nSPS) is 11.3. The third-order valence-corrected chi connectivity index (χ3v) is 9.17. The summed E-state index contributed by atoms with van der Waals surface area (Å²) in [5, 5.41) is 3.62. The number of para-hydroxylation sites is 1. The molecule has 0 unspecified atom stereocenters. The number of thioether (sulfide) groups is 1. The van der Waals surface area contributed by atoms with Gasteiger partial charge in [-0.1, -0.05) is 65.7 Å². The molecule has 0 aliphatic carbocycles. The van der Waals surface area contributed by atoms with Crippen molar-refractivity contribution in [3.05, 3.63) is 118 Å². The summed E-state index contributed by atoms with van der Waals surface area (Å²) in [7, 11) is -4.00. The maximum absolute atomic E-state index is 13.8. The molecule has 0 aliphatic rings. The van der Waals surface area contributed by atoms with Gasteiger partial charge in [0, 0.05) is 15.7 Å². The van der Waals surface area contributed by atoms with Crippen molar-refractivity contribution in [2.45, 2.75) is 36.3 Å². The lowest BCUT2D eigenvalue weighted by Gasteiger charge is -2.26. The molecule has 1 amide bonds. The number of rotatable bonds is 9. The van der Waals surface area contributed by atoms with Crippen LogP contribution in [0.5, 0.6) is 0 Å². The number of sulfonamides is 1. The number of halogens is 1. The first kappa shape index (κ1) is 27.8. The van der Waals surface area contributed by atoms with E-state index >= 15 is 0 Å². The zero-order valence-electron chi connectivity index (χ0n) is 21.4. The van der Waals surface area contributed by atoms with Crippen molar-refractivity contribution in [3.63, 3.8) is 0 Å². The van der Waals surface area contributed by atoms with E-state index in [2.05, 4.69) is 5.32 Å². The van der Waals surface area contributed by atoms with Crippen molar-refractivity contribution in [3.8, 4) is 0 Å². The fourth-order valence-electron chi connectivity index (χ4n) is 3.88. The van der Waals surface area contributed by atoms with E-state index in [0.29, 0.717) is 22.2 Å². The summed E-state index contributed by atoms with van der Waals surface area (Å²) in [5.74, 6) is 0.265. The van der Waals surface area contributed by atoms with Gasteiger partial charge in [-0.2, -0.15) is 0 Å². The monoisotopic (exact) mass is 564 g/mol. The van der Waals surface area contributed by atoms with Crippen molar-refractivity contribution in [1.29, 1.82) is 0 Å². The zero-order valence-corrected chi connectivity index (χ0v) is 23.8. The Hall–Kier alpha value is -3.26. The van der Waals surface area contributed by atoms with E-state index in [1.54, 1.807) is 42.1 Å². The van der Waals surface area contributed by atoms with Crippen LogP contribution in [-0.4, -0.2) is 20.9 Å². The van der Waals surface area contributed by atoms with E-state index in [0.717, 1.165) is 27.1 Å². The second-order valence-electron chi connectivity index (χ2n) is 9.07. The average molecular weight is 565 g/mol. The molecule has 5 nitrogen and oxygen atoms in total. The molecule has 4 aromatic carbocycles. The molecule has 4 aromatic rings. The minimum Gasteiger partial charge on any atom is -0.323 e. The lowest BCUT2D eigenvalue weighted by Crippen LogP contribution is -2.38. The van der Waals surface area contributed by atoms with Crippen LogP contribution in [0.15, 0.2) is 101 Å². The van der Waals surface area contributed by atoms with Crippen molar-refractivity contribution in [2.75, 3.05) is 16.2 Å². The molecule has 0 spiro atoms. The zero-order chi connectivity index (χ0) is 27.3. The Labute approximate surface area is 233 Å². The summed E-state index contributed by atoms with van der Waals surface area (Å²) in [5.41, 5.74) is 4.83. The van der Waals surface area contributed by atoms with E-state index < -0.39 is 15.9 Å². The van der Waals surface area contributed by atoms with Gasteiger partial charge in [0.05, 0.1) is 16.3 Å². The van der Waals surface area contributed by atoms with Crippen LogP contribution in [0.25, 0.3) is 0 Å². The minimum atomic E-state index is -4.00. The van der Waals surface area contributed by atoms with E-state index in [-0.39, 0.29) is 11.4 Å². The predicted octanol–water partition coefficient (Wildman–Crippen LogP) is 7.39. The number of nitrogens with one attached hydrogen (secondary N) is 1. The molecule has 0 saturated heterocycles. The van der Waals surface area contributed by atoms with Crippen LogP contribution in [0.3, 0.4) is 0 Å². The summed E-state index contributed by atoms with van der Waals surface area (Å²) < 4.78 is 28.7. The van der Waals surface area contributed by atoms with Crippen LogP contribution in [0.1, 0.15) is 22.3 Å². The van der Waals surface area contributed by atoms with Crippen LogP contribution < -0.4 is 9.62 Å². The molecule has 0 heterocycles. The summed E-state index contributed by atoms with van der Waals surface area (Å²) >= 11 is 7.57. The number of nitrogens with zero attached hydrogens (tertiary/aromatic N) is 1. The van der Waals surface area contributed by atoms with E-state index in [9.17, 15) is 13.2 Å². The predicted molar refractivity (Wildman–Crippen MR) is 158 cm³/mol. The number of hydrogen-bond donors (Lipinski definition) is 1. The van der Waals surface area contributed by atoms with Gasteiger partial charge in [-0.25, -0.2) is 8.42 Å². The summed E-state index contributed by atoms with van der Waals surface area (Å²) in [4.78, 5) is 14.4. The highest BCUT2D eigenvalue weighted by Crippen LogP contribution is 2.31. The molecule has 0 aromatic heterocycles. The molecule has 0 aliphatic heterocycles. The third-order valence-electron chi connectivity index (χ3n) is 6.00. The number of amides is 1. The van der Waals surface area contributed by atoms with Crippen molar-refractivity contribution >= 4 is 50.7 Å². The lowest BCUT2D eigenvalue weighted by molar-refractivity contribution is -0.114. The van der Waals surface area contributed by atoms with E-state index in [1.165, 1.54) is 4.31 Å². The van der Waals surface area contributed by atoms with Gasteiger partial charge < -0.3 is 5.32 Å². The lowest BCUT2D eigenvalue weighted by atomic mass is 10.1. The second-order valence-corrected chi connectivity index (χ2v) is 12.4. The maximum atomic E-state index is 13.8. The Morgan fingerprint density at radius 3 is 2.24 bits per heavy atom. The fourth-order valence-corrected chi connectivity index (χ4v) is 6.45. The molecule has 8 heteroatoms. The molecular weight excluding hydrogens is 536 g/mol. The summed E-state index contributed by atoms with van der Waals surface area (Å²) in [6.45, 7) is 5.27. The van der Waals surface area contributed by atoms with Crippen molar-refractivity contribution in [2.24, 2.45) is 0 Å². The Kier molecular flexibility index (Phi) is 8.82. The van der Waals surface area contributed by atoms with Gasteiger partial charge in [-0.15, -0.1) is 11.8 Å². The molecule has 0 bridgehead atoms. The molecule has 0 saturated carbocycles. The van der Waals surface area contributed by atoms with Crippen LogP contribution in [-0.2, 0) is 20.6 Å². The highest BCUT2D eigenvalue weighted by molar-refractivity contribution is 7.98. The minimum absolute atomic E-state index is 0.135. The largest absolute Gasteiger partial charge is 0.323 e. The molecule has 1 N–H and O–H groups in total. The molecule has 196 valence electrons. The molecule has 4 rings (SSSR count). The number of anilines is 2. The number of hydrogen-bond acceptors (Lipinski definition) is 4. The van der Waals surface area contributed by atoms with Crippen LogP contribution in [0, 0.1) is 20.8 Å². The van der Waals surface area contributed by atoms with Crippen LogP contribution in [0.4, 0.5) is 11.4 Å². The molecule has 0 atom stereocenters. The van der Waals surface area contributed by atoms with Crippen LogP contribution in [0.2, 0.25) is 5.02 Å². The van der Waals surface area contributed by atoms with Gasteiger partial charge in [-0.3, -0.25) is 9.10 Å². The third kappa shape index (κ3) is 6.78. The Morgan fingerprint density at radius 2 is 1.53 bits per heavy atom. The number of aryl methyl sites for hydroxylation is 3. The topological polar surface area (TPSA) is 66.5 Å². The first-order valence-corrected chi connectivity index (χ1v) is 14.9. The van der Waals surface area contributed by atoms with Gasteiger partial charge in [0.15, 0.2) is 0 Å². The van der Waals surface area contributed by atoms with Gasteiger partial charge in [-0.05, 0) is 79.9 Å². The SMILES string of the molecule is Cc1ccc(S(=O)(=O)N(CC(=O)Nc2ccccc2SCc2ccc(Cl)cc2)c2cc(C)ccc2C)cc1. The van der Waals surface area contributed by atoms with Gasteiger partial charge in [0.2, 0.25) is 5.91 Å². The van der Waals surface area contributed by atoms with Crippen molar-refractivity contribution < 1.29 is 13.2 Å². The number of carbonyl (C=O) groups is 1. The smallest absolute Gasteiger partial charge is 0.264 e. The van der Waals surface area contributed by atoms with Gasteiger partial charge in [0.25, 0.3) is 10.0 Å². The Balaban J connectivity index is 1.60. The molecule has 0 fully saturated rings. The fraction of sp³-hybridized carbons (Fsp3) is 0.167. The van der Waals surface area contributed by atoms with E-state index in [4.69, 9.17) is 11.6 Å². The Bertz CT molecular complexity index is 1540. The average Bonchev–Trinajstić information content (AvgIpc) is 2.89.